The van der Waals surface area contributed by atoms with E-state index in [-0.39, 0.29) is 5.75 Å². The van der Waals surface area contributed by atoms with Gasteiger partial charge in [-0.25, -0.2) is 0 Å². The highest BCUT2D eigenvalue weighted by Crippen LogP contribution is 2.26. The van der Waals surface area contributed by atoms with Crippen LogP contribution in [0.4, 0.5) is 0 Å². The van der Waals surface area contributed by atoms with Crippen molar-refractivity contribution in [3.63, 3.8) is 0 Å². The molecule has 0 saturated heterocycles. The first-order valence-corrected chi connectivity index (χ1v) is 9.78. The highest BCUT2D eigenvalue weighted by atomic mass is 32.2. The monoisotopic (exact) mass is 238 g/mol. The van der Waals surface area contributed by atoms with Crippen LogP contribution in [0.5, 0.6) is 0 Å². The van der Waals surface area contributed by atoms with Gasteiger partial charge in [-0.05, 0) is 6.42 Å². The second-order valence-corrected chi connectivity index (χ2v) is 11.1. The van der Waals surface area contributed by atoms with Crippen LogP contribution in [0.1, 0.15) is 27.2 Å². The standard InChI is InChI=1S/C9H22O3SSi/c1-4-14(5-2,6-3)9-7-8-13(10,11)12/h4-9H2,1-3H3,(H,10,11,12). The van der Waals surface area contributed by atoms with Crippen LogP contribution in [-0.4, -0.2) is 26.8 Å². The summed E-state index contributed by atoms with van der Waals surface area (Å²) < 4.78 is 29.7. The molecule has 0 rings (SSSR count). The minimum absolute atomic E-state index is 0.0677. The van der Waals surface area contributed by atoms with Crippen LogP contribution in [0.15, 0.2) is 0 Å². The van der Waals surface area contributed by atoms with Gasteiger partial charge in [0.25, 0.3) is 10.1 Å². The normalized spacial score (nSPS) is 13.1. The number of hydrogen-bond donors (Lipinski definition) is 1. The lowest BCUT2D eigenvalue weighted by Crippen LogP contribution is -2.31. The maximum absolute atomic E-state index is 10.6. The van der Waals surface area contributed by atoms with Crippen molar-refractivity contribution in [2.45, 2.75) is 51.4 Å². The predicted molar refractivity (Wildman–Crippen MR) is 63.0 cm³/mol. The summed E-state index contributed by atoms with van der Waals surface area (Å²) in [6, 6.07) is 4.67. The van der Waals surface area contributed by atoms with Gasteiger partial charge >= 0.3 is 0 Å². The molecule has 0 heterocycles. The molecule has 0 aliphatic carbocycles. The van der Waals surface area contributed by atoms with Gasteiger partial charge in [-0.3, -0.25) is 4.55 Å². The van der Waals surface area contributed by atoms with Crippen molar-refractivity contribution in [3.05, 3.63) is 0 Å². The number of hydrogen-bond acceptors (Lipinski definition) is 2. The van der Waals surface area contributed by atoms with Gasteiger partial charge in [0.15, 0.2) is 0 Å². The molecule has 0 unspecified atom stereocenters. The fourth-order valence-corrected chi connectivity index (χ4v) is 6.16. The lowest BCUT2D eigenvalue weighted by molar-refractivity contribution is 0.482. The van der Waals surface area contributed by atoms with Gasteiger partial charge in [0.05, 0.1) is 13.8 Å². The third kappa shape index (κ3) is 5.12. The van der Waals surface area contributed by atoms with Crippen LogP contribution in [-0.2, 0) is 10.1 Å². The van der Waals surface area contributed by atoms with Crippen molar-refractivity contribution in [2.75, 3.05) is 5.75 Å². The Morgan fingerprint density at radius 1 is 1.07 bits per heavy atom. The zero-order chi connectivity index (χ0) is 11.2. The minimum atomic E-state index is -3.75. The van der Waals surface area contributed by atoms with Crippen LogP contribution in [0, 0.1) is 0 Å². The number of rotatable bonds is 7. The predicted octanol–water partition coefficient (Wildman–Crippen LogP) is 2.77. The Hall–Kier alpha value is 0.127. The van der Waals surface area contributed by atoms with Crippen molar-refractivity contribution in [3.8, 4) is 0 Å². The molecule has 86 valence electrons. The smallest absolute Gasteiger partial charge is 0.264 e. The van der Waals surface area contributed by atoms with Gasteiger partial charge in [-0.15, -0.1) is 0 Å². The van der Waals surface area contributed by atoms with Gasteiger partial charge in [0, 0.05) is 0 Å². The van der Waals surface area contributed by atoms with Crippen LogP contribution in [0.3, 0.4) is 0 Å². The maximum Gasteiger partial charge on any atom is 0.264 e. The van der Waals surface area contributed by atoms with E-state index in [1.165, 1.54) is 18.1 Å². The molecule has 0 radical (unpaired) electrons. The summed E-state index contributed by atoms with van der Waals surface area (Å²) in [6.07, 6.45) is 0.626. The Morgan fingerprint density at radius 3 is 1.79 bits per heavy atom. The molecule has 0 fully saturated rings. The van der Waals surface area contributed by atoms with E-state index >= 15 is 0 Å². The molecule has 0 saturated carbocycles. The molecular weight excluding hydrogens is 216 g/mol. The second-order valence-electron chi connectivity index (χ2n) is 3.95. The van der Waals surface area contributed by atoms with E-state index in [1.807, 2.05) is 0 Å². The Balaban J connectivity index is 4.08. The van der Waals surface area contributed by atoms with E-state index in [2.05, 4.69) is 20.8 Å². The van der Waals surface area contributed by atoms with E-state index in [0.29, 0.717) is 6.42 Å². The third-order valence-electron chi connectivity index (χ3n) is 3.36. The Kier molecular flexibility index (Phi) is 5.93. The summed E-state index contributed by atoms with van der Waals surface area (Å²) >= 11 is 0. The first-order chi connectivity index (χ1) is 6.39. The van der Waals surface area contributed by atoms with Crippen molar-refractivity contribution < 1.29 is 13.0 Å². The molecular formula is C9H22O3SSi. The average molecular weight is 238 g/mol. The largest absolute Gasteiger partial charge is 0.286 e. The van der Waals surface area contributed by atoms with E-state index < -0.39 is 18.2 Å². The van der Waals surface area contributed by atoms with E-state index in [0.717, 1.165) is 6.04 Å². The molecule has 0 aromatic rings. The van der Waals surface area contributed by atoms with E-state index in [4.69, 9.17) is 4.55 Å². The maximum atomic E-state index is 10.6. The Labute approximate surface area is 88.7 Å². The van der Waals surface area contributed by atoms with Gasteiger partial charge < -0.3 is 0 Å². The van der Waals surface area contributed by atoms with Gasteiger partial charge in [0.2, 0.25) is 0 Å². The molecule has 0 amide bonds. The zero-order valence-electron chi connectivity index (χ0n) is 9.41. The zero-order valence-corrected chi connectivity index (χ0v) is 11.2. The van der Waals surface area contributed by atoms with Gasteiger partial charge in [-0.1, -0.05) is 44.9 Å². The fraction of sp³-hybridized carbons (Fsp3) is 1.00. The van der Waals surface area contributed by atoms with Crippen molar-refractivity contribution in [2.24, 2.45) is 0 Å². The molecule has 3 nitrogen and oxygen atoms in total. The lowest BCUT2D eigenvalue weighted by atomic mass is 10.6. The molecule has 0 atom stereocenters. The SMILES string of the molecule is CC[Si](CC)(CC)CCCS(=O)(=O)O. The lowest BCUT2D eigenvalue weighted by Gasteiger charge is -2.27. The Bertz CT molecular complexity index is 237. The van der Waals surface area contributed by atoms with Crippen molar-refractivity contribution in [1.29, 1.82) is 0 Å². The summed E-state index contributed by atoms with van der Waals surface area (Å²) in [4.78, 5) is 0. The molecule has 14 heavy (non-hydrogen) atoms. The molecule has 0 aromatic carbocycles. The topological polar surface area (TPSA) is 54.4 Å². The van der Waals surface area contributed by atoms with Gasteiger partial charge in [-0.2, -0.15) is 8.42 Å². The summed E-state index contributed by atoms with van der Waals surface area (Å²) in [5, 5.41) is 0. The van der Waals surface area contributed by atoms with Crippen LogP contribution in [0.2, 0.25) is 24.2 Å². The average Bonchev–Trinajstić information content (AvgIpc) is 2.11. The Morgan fingerprint density at radius 2 is 1.50 bits per heavy atom. The summed E-state index contributed by atoms with van der Waals surface area (Å²) in [5.41, 5.74) is 0. The van der Waals surface area contributed by atoms with Crippen LogP contribution < -0.4 is 0 Å². The molecule has 0 bridgehead atoms. The quantitative estimate of drug-likeness (QED) is 0.548. The third-order valence-corrected chi connectivity index (χ3v) is 10.1. The fourth-order valence-electron chi connectivity index (χ4n) is 1.91. The first kappa shape index (κ1) is 14.1. The second kappa shape index (κ2) is 5.88. The molecule has 5 heteroatoms. The first-order valence-electron chi connectivity index (χ1n) is 5.34. The molecule has 0 aliphatic rings. The molecule has 0 spiro atoms. The van der Waals surface area contributed by atoms with Gasteiger partial charge in [0.1, 0.15) is 0 Å². The summed E-state index contributed by atoms with van der Waals surface area (Å²) in [5.74, 6) is -0.0677. The van der Waals surface area contributed by atoms with Crippen LogP contribution in [0.25, 0.3) is 0 Å². The minimum Gasteiger partial charge on any atom is -0.286 e. The highest BCUT2D eigenvalue weighted by Gasteiger charge is 2.26. The van der Waals surface area contributed by atoms with Crippen molar-refractivity contribution >= 4 is 18.2 Å². The van der Waals surface area contributed by atoms with E-state index in [1.54, 1.807) is 0 Å². The van der Waals surface area contributed by atoms with Crippen molar-refractivity contribution in [1.82, 2.24) is 0 Å². The molecule has 0 aliphatic heterocycles. The molecule has 1 N–H and O–H groups in total. The van der Waals surface area contributed by atoms with Crippen LogP contribution >= 0.6 is 0 Å². The summed E-state index contributed by atoms with van der Waals surface area (Å²) in [7, 11) is -4.94. The van der Waals surface area contributed by atoms with E-state index in [9.17, 15) is 8.42 Å². The molecule has 0 aromatic heterocycles. The highest BCUT2D eigenvalue weighted by molar-refractivity contribution is 7.85. The summed E-state index contributed by atoms with van der Waals surface area (Å²) in [6.45, 7) is 6.60.